The number of amides is 1. The van der Waals surface area contributed by atoms with Crippen molar-refractivity contribution >= 4 is 5.91 Å². The van der Waals surface area contributed by atoms with Gasteiger partial charge in [-0.3, -0.25) is 4.79 Å². The number of nitrogens with one attached hydrogen (secondary N) is 1. The molecule has 4 heteroatoms. The summed E-state index contributed by atoms with van der Waals surface area (Å²) in [6.45, 7) is 6.13. The molecule has 1 unspecified atom stereocenters. The molecule has 0 aliphatic carbocycles. The molecule has 0 saturated carbocycles. The van der Waals surface area contributed by atoms with E-state index in [-0.39, 0.29) is 5.91 Å². The van der Waals surface area contributed by atoms with Gasteiger partial charge in [-0.25, -0.2) is 0 Å². The zero-order chi connectivity index (χ0) is 9.68. The number of hydrogen-bond acceptors (Lipinski definition) is 3. The van der Waals surface area contributed by atoms with E-state index in [0.29, 0.717) is 18.9 Å². The Balaban J connectivity index is 2.29. The molecule has 76 valence electrons. The fraction of sp³-hybridized carbons (Fsp3) is 0.889. The molecule has 0 aromatic rings. The summed E-state index contributed by atoms with van der Waals surface area (Å²) < 4.78 is 0. The lowest BCUT2D eigenvalue weighted by Gasteiger charge is -2.28. The molecule has 0 bridgehead atoms. The molecule has 1 saturated heterocycles. The highest BCUT2D eigenvalue weighted by Gasteiger charge is 2.17. The molecule has 1 fully saturated rings. The van der Waals surface area contributed by atoms with Gasteiger partial charge >= 0.3 is 0 Å². The lowest BCUT2D eigenvalue weighted by molar-refractivity contribution is -0.132. The maximum atomic E-state index is 11.6. The number of piperazine rings is 1. The predicted octanol–water partition coefficient (Wildman–Crippen LogP) is -0.597. The maximum Gasteiger partial charge on any atom is 0.222 e. The van der Waals surface area contributed by atoms with E-state index in [0.717, 1.165) is 26.2 Å². The van der Waals surface area contributed by atoms with E-state index in [1.807, 2.05) is 11.8 Å². The van der Waals surface area contributed by atoms with E-state index in [1.54, 1.807) is 0 Å². The van der Waals surface area contributed by atoms with Crippen molar-refractivity contribution in [2.75, 3.05) is 32.7 Å². The molecule has 1 rings (SSSR count). The van der Waals surface area contributed by atoms with Gasteiger partial charge in [0.2, 0.25) is 5.91 Å². The topological polar surface area (TPSA) is 58.4 Å². The van der Waals surface area contributed by atoms with Gasteiger partial charge in [-0.1, -0.05) is 6.92 Å². The fourth-order valence-corrected chi connectivity index (χ4v) is 1.42. The number of rotatable bonds is 3. The van der Waals surface area contributed by atoms with Crippen LogP contribution in [-0.4, -0.2) is 43.5 Å². The standard InChI is InChI=1S/C9H19N3O/c1-8(7-10)6-9(13)12-4-2-11-3-5-12/h8,11H,2-7,10H2,1H3. The number of nitrogens with two attached hydrogens (primary N) is 1. The monoisotopic (exact) mass is 185 g/mol. The first-order valence-electron chi connectivity index (χ1n) is 4.92. The highest BCUT2D eigenvalue weighted by Crippen LogP contribution is 2.04. The highest BCUT2D eigenvalue weighted by molar-refractivity contribution is 5.76. The lowest BCUT2D eigenvalue weighted by atomic mass is 10.1. The van der Waals surface area contributed by atoms with E-state index in [4.69, 9.17) is 5.73 Å². The van der Waals surface area contributed by atoms with Crippen LogP contribution in [0.5, 0.6) is 0 Å². The number of carbonyl (C=O) groups excluding carboxylic acids is 1. The van der Waals surface area contributed by atoms with E-state index in [9.17, 15) is 4.79 Å². The molecule has 1 heterocycles. The zero-order valence-electron chi connectivity index (χ0n) is 8.25. The van der Waals surface area contributed by atoms with Crippen LogP contribution in [0.3, 0.4) is 0 Å². The molecule has 3 N–H and O–H groups in total. The van der Waals surface area contributed by atoms with Crippen LogP contribution in [0.2, 0.25) is 0 Å². The summed E-state index contributed by atoms with van der Waals surface area (Å²) in [5.74, 6) is 0.557. The van der Waals surface area contributed by atoms with Gasteiger partial charge in [-0.2, -0.15) is 0 Å². The van der Waals surface area contributed by atoms with Crippen molar-refractivity contribution in [2.45, 2.75) is 13.3 Å². The smallest absolute Gasteiger partial charge is 0.222 e. The maximum absolute atomic E-state index is 11.6. The van der Waals surface area contributed by atoms with Crippen molar-refractivity contribution in [2.24, 2.45) is 11.7 Å². The number of nitrogens with zero attached hydrogens (tertiary/aromatic N) is 1. The third kappa shape index (κ3) is 3.32. The Morgan fingerprint density at radius 3 is 2.69 bits per heavy atom. The second-order valence-electron chi connectivity index (χ2n) is 3.68. The summed E-state index contributed by atoms with van der Waals surface area (Å²) in [7, 11) is 0. The third-order valence-corrected chi connectivity index (χ3v) is 2.40. The molecule has 0 aromatic heterocycles. The van der Waals surface area contributed by atoms with E-state index < -0.39 is 0 Å². The fourth-order valence-electron chi connectivity index (χ4n) is 1.42. The van der Waals surface area contributed by atoms with Gasteiger partial charge in [-0.15, -0.1) is 0 Å². The van der Waals surface area contributed by atoms with Gasteiger partial charge in [0.1, 0.15) is 0 Å². The van der Waals surface area contributed by atoms with Gasteiger partial charge in [0.25, 0.3) is 0 Å². The first-order valence-corrected chi connectivity index (χ1v) is 4.92. The highest BCUT2D eigenvalue weighted by atomic mass is 16.2. The van der Waals surface area contributed by atoms with Crippen molar-refractivity contribution in [3.8, 4) is 0 Å². The quantitative estimate of drug-likeness (QED) is 0.617. The molecule has 1 aliphatic rings. The van der Waals surface area contributed by atoms with Crippen LogP contribution < -0.4 is 11.1 Å². The summed E-state index contributed by atoms with van der Waals surface area (Å²) in [5.41, 5.74) is 5.47. The van der Waals surface area contributed by atoms with Gasteiger partial charge in [0.15, 0.2) is 0 Å². The van der Waals surface area contributed by atoms with Crippen molar-refractivity contribution in [3.05, 3.63) is 0 Å². The predicted molar refractivity (Wildman–Crippen MR) is 52.3 cm³/mol. The molecular formula is C9H19N3O. The molecule has 1 atom stereocenters. The minimum atomic E-state index is 0.249. The lowest BCUT2D eigenvalue weighted by Crippen LogP contribution is -2.46. The Bertz CT molecular complexity index is 166. The summed E-state index contributed by atoms with van der Waals surface area (Å²) in [5, 5.41) is 3.22. The van der Waals surface area contributed by atoms with Crippen molar-refractivity contribution in [1.29, 1.82) is 0 Å². The second-order valence-corrected chi connectivity index (χ2v) is 3.68. The normalized spacial score (nSPS) is 20.0. The van der Waals surface area contributed by atoms with Gasteiger partial charge in [-0.05, 0) is 12.5 Å². The molecule has 13 heavy (non-hydrogen) atoms. The van der Waals surface area contributed by atoms with E-state index in [2.05, 4.69) is 5.32 Å². The van der Waals surface area contributed by atoms with Crippen LogP contribution in [0, 0.1) is 5.92 Å². The SMILES string of the molecule is CC(CN)CC(=O)N1CCNCC1. The largest absolute Gasteiger partial charge is 0.340 e. The Morgan fingerprint density at radius 1 is 1.54 bits per heavy atom. The Labute approximate surface area is 79.5 Å². The van der Waals surface area contributed by atoms with E-state index in [1.165, 1.54) is 0 Å². The zero-order valence-corrected chi connectivity index (χ0v) is 8.25. The molecule has 0 spiro atoms. The average molecular weight is 185 g/mol. The molecule has 4 nitrogen and oxygen atoms in total. The van der Waals surface area contributed by atoms with Crippen LogP contribution in [0.25, 0.3) is 0 Å². The van der Waals surface area contributed by atoms with Crippen LogP contribution in [0.1, 0.15) is 13.3 Å². The first kappa shape index (κ1) is 10.5. The van der Waals surface area contributed by atoms with Gasteiger partial charge < -0.3 is 16.0 Å². The van der Waals surface area contributed by atoms with Gasteiger partial charge in [0.05, 0.1) is 0 Å². The van der Waals surface area contributed by atoms with Crippen LogP contribution >= 0.6 is 0 Å². The molecule has 0 radical (unpaired) electrons. The van der Waals surface area contributed by atoms with Crippen molar-refractivity contribution in [3.63, 3.8) is 0 Å². The van der Waals surface area contributed by atoms with Crippen LogP contribution in [0.15, 0.2) is 0 Å². The Morgan fingerprint density at radius 2 is 2.15 bits per heavy atom. The summed E-state index contributed by atoms with van der Waals surface area (Å²) in [6.07, 6.45) is 0.594. The third-order valence-electron chi connectivity index (χ3n) is 2.40. The first-order chi connectivity index (χ1) is 6.24. The second kappa shape index (κ2) is 5.19. The molecular weight excluding hydrogens is 166 g/mol. The number of hydrogen-bond donors (Lipinski definition) is 2. The van der Waals surface area contributed by atoms with Crippen molar-refractivity contribution in [1.82, 2.24) is 10.2 Å². The Hall–Kier alpha value is -0.610. The Kier molecular flexibility index (Phi) is 4.18. The van der Waals surface area contributed by atoms with Crippen molar-refractivity contribution < 1.29 is 4.79 Å². The molecule has 1 aliphatic heterocycles. The average Bonchev–Trinajstić information content (AvgIpc) is 2.19. The molecule has 0 aromatic carbocycles. The van der Waals surface area contributed by atoms with E-state index >= 15 is 0 Å². The molecule has 1 amide bonds. The van der Waals surface area contributed by atoms with Crippen LogP contribution in [-0.2, 0) is 4.79 Å². The number of carbonyl (C=O) groups is 1. The summed E-state index contributed by atoms with van der Waals surface area (Å²) >= 11 is 0. The summed E-state index contributed by atoms with van der Waals surface area (Å²) in [4.78, 5) is 13.5. The van der Waals surface area contributed by atoms with Crippen LogP contribution in [0.4, 0.5) is 0 Å². The summed E-state index contributed by atoms with van der Waals surface area (Å²) in [6, 6.07) is 0. The minimum absolute atomic E-state index is 0.249. The van der Waals surface area contributed by atoms with Gasteiger partial charge in [0, 0.05) is 32.6 Å². The minimum Gasteiger partial charge on any atom is -0.340 e.